The van der Waals surface area contributed by atoms with E-state index in [2.05, 4.69) is 5.32 Å². The van der Waals surface area contributed by atoms with Gasteiger partial charge in [0.2, 0.25) is 0 Å². The lowest BCUT2D eigenvalue weighted by Crippen LogP contribution is -2.12. The SMILES string of the molecule is Cc1ccc(CNCc2ccc(S(C)(=O)=O)cc2)cc1Cl. The molecular formula is C16H18ClNO2S. The Balaban J connectivity index is 1.93. The number of rotatable bonds is 5. The summed E-state index contributed by atoms with van der Waals surface area (Å²) < 4.78 is 22.7. The highest BCUT2D eigenvalue weighted by molar-refractivity contribution is 7.90. The third-order valence-corrected chi connectivity index (χ3v) is 4.78. The molecular weight excluding hydrogens is 306 g/mol. The maximum absolute atomic E-state index is 11.4. The largest absolute Gasteiger partial charge is 0.309 e. The van der Waals surface area contributed by atoms with Crippen LogP contribution in [0.4, 0.5) is 0 Å². The molecule has 0 saturated carbocycles. The van der Waals surface area contributed by atoms with Crippen molar-refractivity contribution < 1.29 is 8.42 Å². The van der Waals surface area contributed by atoms with Gasteiger partial charge in [0.25, 0.3) is 0 Å². The van der Waals surface area contributed by atoms with Crippen LogP contribution in [0.15, 0.2) is 47.4 Å². The zero-order chi connectivity index (χ0) is 15.5. The molecule has 0 heterocycles. The molecule has 0 unspecified atom stereocenters. The molecule has 0 aliphatic heterocycles. The minimum atomic E-state index is -3.13. The van der Waals surface area contributed by atoms with Crippen LogP contribution in [0.1, 0.15) is 16.7 Å². The van der Waals surface area contributed by atoms with Gasteiger partial charge in [-0.15, -0.1) is 0 Å². The number of nitrogens with one attached hydrogen (secondary N) is 1. The van der Waals surface area contributed by atoms with Crippen molar-refractivity contribution in [1.29, 1.82) is 0 Å². The van der Waals surface area contributed by atoms with Crippen molar-refractivity contribution in [2.45, 2.75) is 24.9 Å². The third kappa shape index (κ3) is 4.56. The van der Waals surface area contributed by atoms with Gasteiger partial charge in [-0.05, 0) is 41.8 Å². The van der Waals surface area contributed by atoms with Crippen molar-refractivity contribution >= 4 is 21.4 Å². The summed E-state index contributed by atoms with van der Waals surface area (Å²) in [6.45, 7) is 3.37. The van der Waals surface area contributed by atoms with Gasteiger partial charge in [-0.2, -0.15) is 0 Å². The van der Waals surface area contributed by atoms with Crippen LogP contribution in [0.3, 0.4) is 0 Å². The van der Waals surface area contributed by atoms with Gasteiger partial charge in [0.15, 0.2) is 9.84 Å². The molecule has 0 radical (unpaired) electrons. The number of aryl methyl sites for hydroxylation is 1. The van der Waals surface area contributed by atoms with Gasteiger partial charge in [-0.1, -0.05) is 35.9 Å². The predicted octanol–water partition coefficient (Wildman–Crippen LogP) is 3.34. The minimum Gasteiger partial charge on any atom is -0.309 e. The highest BCUT2D eigenvalue weighted by Crippen LogP contribution is 2.16. The molecule has 0 aliphatic rings. The van der Waals surface area contributed by atoms with Crippen molar-refractivity contribution in [3.05, 3.63) is 64.2 Å². The Hall–Kier alpha value is -1.36. The number of hydrogen-bond acceptors (Lipinski definition) is 3. The lowest BCUT2D eigenvalue weighted by Gasteiger charge is -2.07. The first-order valence-electron chi connectivity index (χ1n) is 6.61. The van der Waals surface area contributed by atoms with Crippen molar-refractivity contribution in [1.82, 2.24) is 5.32 Å². The van der Waals surface area contributed by atoms with E-state index in [4.69, 9.17) is 11.6 Å². The first-order valence-corrected chi connectivity index (χ1v) is 8.88. The smallest absolute Gasteiger partial charge is 0.175 e. The molecule has 2 rings (SSSR count). The molecule has 1 N–H and O–H groups in total. The fourth-order valence-corrected chi connectivity index (χ4v) is 2.79. The molecule has 5 heteroatoms. The summed E-state index contributed by atoms with van der Waals surface area (Å²) in [5, 5.41) is 4.08. The van der Waals surface area contributed by atoms with Gasteiger partial charge >= 0.3 is 0 Å². The summed E-state index contributed by atoms with van der Waals surface area (Å²) in [6, 6.07) is 12.9. The van der Waals surface area contributed by atoms with Crippen LogP contribution in [-0.2, 0) is 22.9 Å². The quantitative estimate of drug-likeness (QED) is 0.918. The second-order valence-corrected chi connectivity index (χ2v) is 7.53. The topological polar surface area (TPSA) is 46.2 Å². The summed E-state index contributed by atoms with van der Waals surface area (Å²) in [6.07, 6.45) is 1.21. The van der Waals surface area contributed by atoms with Crippen LogP contribution in [0.2, 0.25) is 5.02 Å². The number of halogens is 1. The Morgan fingerprint density at radius 2 is 1.57 bits per heavy atom. The van der Waals surface area contributed by atoms with Crippen LogP contribution in [-0.4, -0.2) is 14.7 Å². The minimum absolute atomic E-state index is 0.344. The molecule has 0 aliphatic carbocycles. The molecule has 0 aromatic heterocycles. The Labute approximate surface area is 130 Å². The monoisotopic (exact) mass is 323 g/mol. The molecule has 0 amide bonds. The van der Waals surface area contributed by atoms with Crippen molar-refractivity contribution in [3.63, 3.8) is 0 Å². The maximum Gasteiger partial charge on any atom is 0.175 e. The molecule has 0 bridgehead atoms. The van der Waals surface area contributed by atoms with E-state index in [9.17, 15) is 8.42 Å². The van der Waals surface area contributed by atoms with E-state index in [1.807, 2.05) is 37.3 Å². The first kappa shape index (κ1) is 16.0. The fraction of sp³-hybridized carbons (Fsp3) is 0.250. The number of hydrogen-bond donors (Lipinski definition) is 1. The average Bonchev–Trinajstić information content (AvgIpc) is 2.42. The van der Waals surface area contributed by atoms with E-state index >= 15 is 0 Å². The predicted molar refractivity (Wildman–Crippen MR) is 86.3 cm³/mol. The van der Waals surface area contributed by atoms with Gasteiger partial charge in [-0.25, -0.2) is 8.42 Å². The van der Waals surface area contributed by atoms with Crippen molar-refractivity contribution in [2.75, 3.05) is 6.26 Å². The highest BCUT2D eigenvalue weighted by atomic mass is 35.5. The Morgan fingerprint density at radius 3 is 2.14 bits per heavy atom. The number of benzene rings is 2. The Morgan fingerprint density at radius 1 is 1.00 bits per heavy atom. The van der Waals surface area contributed by atoms with E-state index in [1.54, 1.807) is 12.1 Å². The second-order valence-electron chi connectivity index (χ2n) is 5.10. The van der Waals surface area contributed by atoms with Crippen LogP contribution in [0.25, 0.3) is 0 Å². The van der Waals surface area contributed by atoms with Gasteiger partial charge in [-0.3, -0.25) is 0 Å². The normalized spacial score (nSPS) is 11.6. The zero-order valence-electron chi connectivity index (χ0n) is 12.1. The highest BCUT2D eigenvalue weighted by Gasteiger charge is 2.05. The first-order chi connectivity index (χ1) is 9.86. The van der Waals surface area contributed by atoms with Crippen LogP contribution < -0.4 is 5.32 Å². The number of sulfone groups is 1. The average molecular weight is 324 g/mol. The van der Waals surface area contributed by atoms with Gasteiger partial charge in [0.1, 0.15) is 0 Å². The van der Waals surface area contributed by atoms with Gasteiger partial charge in [0, 0.05) is 24.4 Å². The molecule has 0 saturated heterocycles. The standard InChI is InChI=1S/C16H18ClNO2S/c1-12-3-4-14(9-16(12)17)11-18-10-13-5-7-15(8-6-13)21(2,19)20/h3-9,18H,10-11H2,1-2H3. The summed E-state index contributed by atoms with van der Waals surface area (Å²) in [5.74, 6) is 0. The van der Waals surface area contributed by atoms with Crippen molar-refractivity contribution in [2.24, 2.45) is 0 Å². The molecule has 3 nitrogen and oxygen atoms in total. The van der Waals surface area contributed by atoms with Gasteiger partial charge in [0.05, 0.1) is 4.90 Å². The molecule has 2 aromatic rings. The fourth-order valence-electron chi connectivity index (χ4n) is 1.95. The molecule has 0 fully saturated rings. The van der Waals surface area contributed by atoms with E-state index in [0.29, 0.717) is 18.0 Å². The van der Waals surface area contributed by atoms with Crippen LogP contribution in [0.5, 0.6) is 0 Å². The van der Waals surface area contributed by atoms with Crippen LogP contribution >= 0.6 is 11.6 Å². The lowest BCUT2D eigenvalue weighted by atomic mass is 10.1. The van der Waals surface area contributed by atoms with Crippen molar-refractivity contribution in [3.8, 4) is 0 Å². The summed E-state index contributed by atoms with van der Waals surface area (Å²) in [7, 11) is -3.13. The third-order valence-electron chi connectivity index (χ3n) is 3.25. The lowest BCUT2D eigenvalue weighted by molar-refractivity contribution is 0.602. The Bertz CT molecular complexity index is 724. The van der Waals surface area contributed by atoms with Gasteiger partial charge < -0.3 is 5.32 Å². The molecule has 2 aromatic carbocycles. The summed E-state index contributed by atoms with van der Waals surface area (Å²) in [4.78, 5) is 0.344. The molecule has 112 valence electrons. The van der Waals surface area contributed by atoms with E-state index in [1.165, 1.54) is 6.26 Å². The molecule has 21 heavy (non-hydrogen) atoms. The maximum atomic E-state index is 11.4. The summed E-state index contributed by atoms with van der Waals surface area (Å²) in [5.41, 5.74) is 3.23. The second kappa shape index (κ2) is 6.60. The Kier molecular flexibility index (Phi) is 5.04. The van der Waals surface area contributed by atoms with E-state index in [0.717, 1.165) is 21.7 Å². The molecule has 0 spiro atoms. The molecule has 0 atom stereocenters. The van der Waals surface area contributed by atoms with E-state index < -0.39 is 9.84 Å². The zero-order valence-corrected chi connectivity index (χ0v) is 13.6. The van der Waals surface area contributed by atoms with E-state index in [-0.39, 0.29) is 0 Å². The summed E-state index contributed by atoms with van der Waals surface area (Å²) >= 11 is 6.09. The van der Waals surface area contributed by atoms with Crippen LogP contribution in [0, 0.1) is 6.92 Å².